The molecule has 1 aromatic heterocycles. The molecule has 0 radical (unpaired) electrons. The lowest BCUT2D eigenvalue weighted by Crippen LogP contribution is -2.31. The molecule has 1 aliphatic carbocycles. The molecule has 2 aromatic rings. The van der Waals surface area contributed by atoms with E-state index in [9.17, 15) is 4.79 Å². The van der Waals surface area contributed by atoms with Gasteiger partial charge >= 0.3 is 0 Å². The second kappa shape index (κ2) is 8.73. The van der Waals surface area contributed by atoms with Crippen LogP contribution in [0, 0.1) is 0 Å². The van der Waals surface area contributed by atoms with E-state index in [1.165, 1.54) is 24.6 Å². The number of rotatable bonds is 7. The molecule has 1 fully saturated rings. The van der Waals surface area contributed by atoms with Crippen LogP contribution in [0.5, 0.6) is 0 Å². The maximum absolute atomic E-state index is 12.2. The summed E-state index contributed by atoms with van der Waals surface area (Å²) in [6, 6.07) is 8.04. The second-order valence-corrected chi connectivity index (χ2v) is 8.10. The molecule has 1 atom stereocenters. The third-order valence-corrected chi connectivity index (χ3v) is 5.93. The van der Waals surface area contributed by atoms with Gasteiger partial charge in [0.2, 0.25) is 5.91 Å². The molecule has 1 N–H and O–H groups in total. The summed E-state index contributed by atoms with van der Waals surface area (Å²) in [5.74, 6) is 0.749. The predicted octanol–water partition coefficient (Wildman–Crippen LogP) is 4.50. The van der Waals surface area contributed by atoms with Crippen LogP contribution in [0.3, 0.4) is 0 Å². The number of thioether (sulfide) groups is 1. The van der Waals surface area contributed by atoms with Crippen LogP contribution in [0.25, 0.3) is 11.4 Å². The summed E-state index contributed by atoms with van der Waals surface area (Å²) in [4.78, 5) is 12.2. The Hall–Kier alpha value is -1.79. The molecule has 3 rings (SSSR count). The minimum absolute atomic E-state index is 0.0323. The van der Waals surface area contributed by atoms with Crippen LogP contribution in [0.1, 0.15) is 38.6 Å². The van der Waals surface area contributed by atoms with E-state index in [1.807, 2.05) is 31.2 Å². The van der Waals surface area contributed by atoms with Crippen molar-refractivity contribution in [2.75, 3.05) is 6.54 Å². The Morgan fingerprint density at radius 1 is 1.42 bits per heavy atom. The van der Waals surface area contributed by atoms with E-state index < -0.39 is 0 Å². The van der Waals surface area contributed by atoms with E-state index in [0.717, 1.165) is 29.4 Å². The molecule has 0 aliphatic heterocycles. The van der Waals surface area contributed by atoms with Gasteiger partial charge in [-0.05, 0) is 31.9 Å². The quantitative estimate of drug-likeness (QED) is 0.558. The summed E-state index contributed by atoms with van der Waals surface area (Å²) in [5, 5.41) is 12.8. The van der Waals surface area contributed by atoms with Crippen molar-refractivity contribution < 1.29 is 4.79 Å². The first-order chi connectivity index (χ1) is 12.6. The normalized spacial score (nSPS) is 15.8. The van der Waals surface area contributed by atoms with E-state index in [-0.39, 0.29) is 11.2 Å². The Morgan fingerprint density at radius 3 is 2.85 bits per heavy atom. The highest BCUT2D eigenvalue weighted by Crippen LogP contribution is 2.38. The molecule has 1 saturated carbocycles. The third kappa shape index (κ3) is 4.13. The maximum Gasteiger partial charge on any atom is 0.233 e. The SMILES string of the molecule is C=CCNC(=O)[C@@H](C)Sc1nnc(-c2ccccc2Cl)n1C1CCCC1. The molecule has 1 aliphatic rings. The first-order valence-electron chi connectivity index (χ1n) is 8.87. The van der Waals surface area contributed by atoms with E-state index >= 15 is 0 Å². The fourth-order valence-electron chi connectivity index (χ4n) is 3.20. The van der Waals surface area contributed by atoms with Gasteiger partial charge in [0.05, 0.1) is 10.3 Å². The Morgan fingerprint density at radius 2 is 2.15 bits per heavy atom. The molecule has 0 saturated heterocycles. The van der Waals surface area contributed by atoms with Crippen LogP contribution in [-0.2, 0) is 4.79 Å². The number of carbonyl (C=O) groups is 1. The standard InChI is InChI=1S/C19H23ClN4OS/c1-3-12-21-18(25)13(2)26-19-23-22-17(15-10-6-7-11-16(15)20)24(19)14-8-4-5-9-14/h3,6-7,10-11,13-14H,1,4-5,8-9,12H2,2H3,(H,21,25)/t13-/m1/s1. The summed E-state index contributed by atoms with van der Waals surface area (Å²) >= 11 is 7.84. The van der Waals surface area contributed by atoms with Crippen molar-refractivity contribution in [3.63, 3.8) is 0 Å². The van der Waals surface area contributed by atoms with Crippen LogP contribution >= 0.6 is 23.4 Å². The van der Waals surface area contributed by atoms with E-state index in [0.29, 0.717) is 17.6 Å². The minimum Gasteiger partial charge on any atom is -0.352 e. The Kier molecular flexibility index (Phi) is 6.38. The van der Waals surface area contributed by atoms with Crippen molar-refractivity contribution in [1.29, 1.82) is 0 Å². The second-order valence-electron chi connectivity index (χ2n) is 6.39. The van der Waals surface area contributed by atoms with Gasteiger partial charge in [0.15, 0.2) is 11.0 Å². The zero-order chi connectivity index (χ0) is 18.5. The molecule has 1 heterocycles. The first-order valence-corrected chi connectivity index (χ1v) is 10.1. The number of halogens is 1. The van der Waals surface area contributed by atoms with Gasteiger partial charge in [-0.2, -0.15) is 0 Å². The largest absolute Gasteiger partial charge is 0.352 e. The Labute approximate surface area is 163 Å². The number of benzene rings is 1. The molecule has 0 unspecified atom stereocenters. The number of amides is 1. The van der Waals surface area contributed by atoms with Crippen LogP contribution in [0.2, 0.25) is 5.02 Å². The van der Waals surface area contributed by atoms with Crippen molar-refractivity contribution >= 4 is 29.3 Å². The molecular formula is C19H23ClN4OS. The summed E-state index contributed by atoms with van der Waals surface area (Å²) in [7, 11) is 0. The highest BCUT2D eigenvalue weighted by Gasteiger charge is 2.27. The molecule has 1 amide bonds. The van der Waals surface area contributed by atoms with Crippen molar-refractivity contribution in [2.24, 2.45) is 0 Å². The number of hydrogen-bond donors (Lipinski definition) is 1. The van der Waals surface area contributed by atoms with Gasteiger partial charge in [-0.15, -0.1) is 16.8 Å². The van der Waals surface area contributed by atoms with Gasteiger partial charge in [0.25, 0.3) is 0 Å². The molecule has 1 aromatic carbocycles. The van der Waals surface area contributed by atoms with Gasteiger partial charge < -0.3 is 5.32 Å². The monoisotopic (exact) mass is 390 g/mol. The van der Waals surface area contributed by atoms with Crippen LogP contribution < -0.4 is 5.32 Å². The Balaban J connectivity index is 1.92. The van der Waals surface area contributed by atoms with Gasteiger partial charge in [-0.25, -0.2) is 0 Å². The van der Waals surface area contributed by atoms with Crippen LogP contribution in [-0.4, -0.2) is 32.5 Å². The van der Waals surface area contributed by atoms with Crippen molar-refractivity contribution in [1.82, 2.24) is 20.1 Å². The van der Waals surface area contributed by atoms with Crippen molar-refractivity contribution in [2.45, 2.75) is 49.1 Å². The number of nitrogens with zero attached hydrogens (tertiary/aromatic N) is 3. The fraction of sp³-hybridized carbons (Fsp3) is 0.421. The zero-order valence-corrected chi connectivity index (χ0v) is 16.4. The topological polar surface area (TPSA) is 59.8 Å². The molecule has 0 spiro atoms. The number of aromatic nitrogens is 3. The summed E-state index contributed by atoms with van der Waals surface area (Å²) in [5.41, 5.74) is 0.879. The van der Waals surface area contributed by atoms with Gasteiger partial charge in [0, 0.05) is 18.2 Å². The molecular weight excluding hydrogens is 368 g/mol. The molecule has 26 heavy (non-hydrogen) atoms. The first kappa shape index (κ1) is 19.0. The van der Waals surface area contributed by atoms with Crippen molar-refractivity contribution in [3.05, 3.63) is 41.9 Å². The lowest BCUT2D eigenvalue weighted by Gasteiger charge is -2.18. The molecule has 5 nitrogen and oxygen atoms in total. The number of nitrogens with one attached hydrogen (secondary N) is 1. The van der Waals surface area contributed by atoms with E-state index in [1.54, 1.807) is 6.08 Å². The average Bonchev–Trinajstić information content (AvgIpc) is 3.29. The average molecular weight is 391 g/mol. The van der Waals surface area contributed by atoms with Crippen molar-refractivity contribution in [3.8, 4) is 11.4 Å². The number of carbonyl (C=O) groups excluding carboxylic acids is 1. The third-order valence-electron chi connectivity index (χ3n) is 4.54. The summed E-state index contributed by atoms with van der Waals surface area (Å²) in [6.45, 7) is 5.97. The maximum atomic E-state index is 12.2. The van der Waals surface area contributed by atoms with Crippen LogP contribution in [0.15, 0.2) is 42.1 Å². The van der Waals surface area contributed by atoms with E-state index in [2.05, 4.69) is 26.7 Å². The van der Waals surface area contributed by atoms with Gasteiger partial charge in [-0.1, -0.05) is 54.4 Å². The Bertz CT molecular complexity index is 786. The van der Waals surface area contributed by atoms with Crippen LogP contribution in [0.4, 0.5) is 0 Å². The smallest absolute Gasteiger partial charge is 0.233 e. The fourth-order valence-corrected chi connectivity index (χ4v) is 4.37. The molecule has 7 heteroatoms. The summed E-state index contributed by atoms with van der Waals surface area (Å²) in [6.07, 6.45) is 6.26. The van der Waals surface area contributed by atoms with E-state index in [4.69, 9.17) is 11.6 Å². The predicted molar refractivity (Wildman–Crippen MR) is 106 cm³/mol. The zero-order valence-electron chi connectivity index (χ0n) is 14.8. The summed E-state index contributed by atoms with van der Waals surface area (Å²) < 4.78 is 2.18. The molecule has 138 valence electrons. The lowest BCUT2D eigenvalue weighted by molar-refractivity contribution is -0.120. The lowest BCUT2D eigenvalue weighted by atomic mass is 10.2. The van der Waals surface area contributed by atoms with Gasteiger partial charge in [0.1, 0.15) is 0 Å². The highest BCUT2D eigenvalue weighted by atomic mass is 35.5. The minimum atomic E-state index is -0.265. The molecule has 0 bridgehead atoms. The number of hydrogen-bond acceptors (Lipinski definition) is 4. The van der Waals surface area contributed by atoms with Gasteiger partial charge in [-0.3, -0.25) is 9.36 Å². The highest BCUT2D eigenvalue weighted by molar-refractivity contribution is 8.00.